The van der Waals surface area contributed by atoms with Gasteiger partial charge in [0.05, 0.1) is 24.1 Å². The van der Waals surface area contributed by atoms with E-state index in [1.807, 2.05) is 18.2 Å². The average Bonchev–Trinajstić information content (AvgIpc) is 2.81. The predicted molar refractivity (Wildman–Crippen MR) is 128 cm³/mol. The van der Waals surface area contributed by atoms with Crippen LogP contribution in [0.2, 0.25) is 5.02 Å². The Kier molecular flexibility index (Phi) is 7.38. The molecule has 2 aliphatic heterocycles. The summed E-state index contributed by atoms with van der Waals surface area (Å²) >= 11 is 6.16. The number of rotatable bonds is 5. The van der Waals surface area contributed by atoms with E-state index >= 15 is 0 Å². The molecule has 34 heavy (non-hydrogen) atoms. The molecule has 2 aliphatic rings. The smallest absolute Gasteiger partial charge is 0.257 e. The van der Waals surface area contributed by atoms with Crippen molar-refractivity contribution in [2.75, 3.05) is 19.0 Å². The lowest BCUT2D eigenvalue weighted by Crippen LogP contribution is -2.53. The molecule has 1 fully saturated rings. The van der Waals surface area contributed by atoms with Crippen LogP contribution in [0, 0.1) is 0 Å². The molecule has 2 aromatic rings. The van der Waals surface area contributed by atoms with Gasteiger partial charge in [-0.2, -0.15) is 0 Å². The van der Waals surface area contributed by atoms with Crippen LogP contribution in [-0.2, 0) is 20.9 Å². The molecule has 0 aliphatic carbocycles. The number of carbonyl (C=O) groups is 3. The summed E-state index contributed by atoms with van der Waals surface area (Å²) in [5, 5.41) is 6.21. The molecule has 4 rings (SSSR count). The van der Waals surface area contributed by atoms with Gasteiger partial charge in [0, 0.05) is 31.2 Å². The third kappa shape index (κ3) is 5.51. The first-order valence-corrected chi connectivity index (χ1v) is 11.7. The Hall–Kier alpha value is -3.10. The van der Waals surface area contributed by atoms with E-state index in [2.05, 4.69) is 10.6 Å². The van der Waals surface area contributed by atoms with Gasteiger partial charge >= 0.3 is 0 Å². The minimum atomic E-state index is -0.354. The molecule has 2 N–H and O–H groups in total. The Balaban J connectivity index is 1.39. The van der Waals surface area contributed by atoms with E-state index in [1.165, 1.54) is 6.92 Å². The van der Waals surface area contributed by atoms with E-state index in [0.717, 1.165) is 5.56 Å². The number of nitrogens with zero attached hydrogens (tertiary/aromatic N) is 1. The second-order valence-corrected chi connectivity index (χ2v) is 9.04. The first-order chi connectivity index (χ1) is 16.3. The molecule has 0 bridgehead atoms. The second kappa shape index (κ2) is 10.4. The van der Waals surface area contributed by atoms with Crippen LogP contribution < -0.4 is 15.4 Å². The van der Waals surface area contributed by atoms with Crippen molar-refractivity contribution in [3.63, 3.8) is 0 Å². The van der Waals surface area contributed by atoms with Gasteiger partial charge in [-0.3, -0.25) is 14.4 Å². The topological polar surface area (TPSA) is 97.0 Å². The number of hydrogen-bond acceptors (Lipinski definition) is 5. The van der Waals surface area contributed by atoms with Crippen molar-refractivity contribution in [3.8, 4) is 5.75 Å². The van der Waals surface area contributed by atoms with Crippen LogP contribution in [0.3, 0.4) is 0 Å². The SMILES string of the molecule is CC(=O)Nc1ccc2c(c1)C(=O)N(C)[C@H]1CC[C@@H](CC(=O)NCc3ccccc3Cl)O[C@H]1CO2. The van der Waals surface area contributed by atoms with Crippen molar-refractivity contribution in [2.24, 2.45) is 0 Å². The van der Waals surface area contributed by atoms with Gasteiger partial charge in [0.2, 0.25) is 11.8 Å². The van der Waals surface area contributed by atoms with Gasteiger partial charge in [0.1, 0.15) is 18.5 Å². The lowest BCUT2D eigenvalue weighted by atomic mass is 9.94. The molecule has 0 aromatic heterocycles. The zero-order valence-corrected chi connectivity index (χ0v) is 19.9. The molecule has 2 aromatic carbocycles. The van der Waals surface area contributed by atoms with E-state index in [-0.39, 0.29) is 49.0 Å². The van der Waals surface area contributed by atoms with Crippen LogP contribution in [-0.4, -0.2) is 54.5 Å². The lowest BCUT2D eigenvalue weighted by molar-refractivity contribution is -0.134. The molecule has 3 atom stereocenters. The number of carbonyl (C=O) groups excluding carboxylic acids is 3. The number of hydrogen-bond donors (Lipinski definition) is 2. The zero-order valence-electron chi connectivity index (χ0n) is 19.2. The van der Waals surface area contributed by atoms with Crippen LogP contribution in [0.5, 0.6) is 5.75 Å². The molecule has 3 amide bonds. The number of likely N-dealkylation sites (N-methyl/N-ethyl adjacent to an activating group) is 1. The largest absolute Gasteiger partial charge is 0.490 e. The highest BCUT2D eigenvalue weighted by Crippen LogP contribution is 2.32. The predicted octanol–water partition coefficient (Wildman–Crippen LogP) is 3.39. The van der Waals surface area contributed by atoms with Gasteiger partial charge in [-0.25, -0.2) is 0 Å². The molecule has 2 heterocycles. The van der Waals surface area contributed by atoms with Crippen molar-refractivity contribution < 1.29 is 23.9 Å². The van der Waals surface area contributed by atoms with Crippen molar-refractivity contribution in [2.45, 2.75) is 51.0 Å². The lowest BCUT2D eigenvalue weighted by Gasteiger charge is -2.42. The Labute approximate surface area is 203 Å². The molecular weight excluding hydrogens is 458 g/mol. The maximum atomic E-state index is 13.2. The number of nitrogens with one attached hydrogen (secondary N) is 2. The summed E-state index contributed by atoms with van der Waals surface area (Å²) in [5.41, 5.74) is 1.79. The fourth-order valence-electron chi connectivity index (χ4n) is 4.42. The first kappa shape index (κ1) is 24.0. The van der Waals surface area contributed by atoms with Crippen LogP contribution in [0.15, 0.2) is 42.5 Å². The van der Waals surface area contributed by atoms with Crippen LogP contribution in [0.1, 0.15) is 42.1 Å². The van der Waals surface area contributed by atoms with E-state index in [0.29, 0.717) is 41.4 Å². The third-order valence-electron chi connectivity index (χ3n) is 6.18. The fourth-order valence-corrected chi connectivity index (χ4v) is 4.63. The van der Waals surface area contributed by atoms with Crippen molar-refractivity contribution >= 4 is 35.0 Å². The Morgan fingerprint density at radius 1 is 1.18 bits per heavy atom. The van der Waals surface area contributed by atoms with Gasteiger partial charge < -0.3 is 25.0 Å². The molecule has 8 nitrogen and oxygen atoms in total. The third-order valence-corrected chi connectivity index (χ3v) is 6.55. The minimum Gasteiger partial charge on any atom is -0.490 e. The fraction of sp³-hybridized carbons (Fsp3) is 0.400. The summed E-state index contributed by atoms with van der Waals surface area (Å²) in [5.74, 6) is -0.0883. The van der Waals surface area contributed by atoms with Gasteiger partial charge in [-0.05, 0) is 42.7 Å². The van der Waals surface area contributed by atoms with Gasteiger partial charge in [-0.1, -0.05) is 29.8 Å². The van der Waals surface area contributed by atoms with Gasteiger partial charge in [-0.15, -0.1) is 0 Å². The number of halogens is 1. The molecule has 0 radical (unpaired) electrons. The summed E-state index contributed by atoms with van der Waals surface area (Å²) in [4.78, 5) is 38.8. The molecule has 0 saturated carbocycles. The van der Waals surface area contributed by atoms with Crippen molar-refractivity contribution in [3.05, 3.63) is 58.6 Å². The monoisotopic (exact) mass is 485 g/mol. The maximum absolute atomic E-state index is 13.2. The summed E-state index contributed by atoms with van der Waals surface area (Å²) in [6, 6.07) is 12.2. The van der Waals surface area contributed by atoms with Gasteiger partial charge in [0.15, 0.2) is 0 Å². The standard InChI is InChI=1S/C25H28ClN3O5/c1-15(30)28-17-7-10-22-19(11-17)25(32)29(2)21-9-8-18(34-23(21)14-33-22)12-24(31)27-13-16-5-3-4-6-20(16)26/h3-7,10-11,18,21,23H,8-9,12-14H2,1-2H3,(H,27,31)(H,28,30)/t18-,21-,23-/m0/s1. The first-order valence-electron chi connectivity index (χ1n) is 11.3. The van der Waals surface area contributed by atoms with E-state index in [9.17, 15) is 14.4 Å². The molecule has 9 heteroatoms. The maximum Gasteiger partial charge on any atom is 0.257 e. The zero-order chi connectivity index (χ0) is 24.2. The quantitative estimate of drug-likeness (QED) is 0.676. The molecule has 0 unspecified atom stereocenters. The van der Waals surface area contributed by atoms with E-state index in [1.54, 1.807) is 36.2 Å². The van der Waals surface area contributed by atoms with Crippen LogP contribution in [0.25, 0.3) is 0 Å². The number of amides is 3. The highest BCUT2D eigenvalue weighted by molar-refractivity contribution is 6.31. The van der Waals surface area contributed by atoms with Gasteiger partial charge in [0.25, 0.3) is 5.91 Å². The average molecular weight is 486 g/mol. The minimum absolute atomic E-state index is 0.115. The van der Waals surface area contributed by atoms with Crippen LogP contribution >= 0.6 is 11.6 Å². The summed E-state index contributed by atoms with van der Waals surface area (Å²) in [6.45, 7) is 2.03. The number of ether oxygens (including phenoxy) is 2. The molecular formula is C25H28ClN3O5. The number of fused-ring (bicyclic) bond motifs is 2. The molecule has 180 valence electrons. The Morgan fingerprint density at radius 2 is 1.97 bits per heavy atom. The Morgan fingerprint density at radius 3 is 2.74 bits per heavy atom. The summed E-state index contributed by atoms with van der Waals surface area (Å²) in [6.07, 6.45) is 0.950. The van der Waals surface area contributed by atoms with Crippen molar-refractivity contribution in [1.29, 1.82) is 0 Å². The second-order valence-electron chi connectivity index (χ2n) is 8.63. The normalized spacial score (nSPS) is 21.9. The number of benzene rings is 2. The van der Waals surface area contributed by atoms with E-state index in [4.69, 9.17) is 21.1 Å². The number of anilines is 1. The summed E-state index contributed by atoms with van der Waals surface area (Å²) < 4.78 is 12.2. The highest BCUT2D eigenvalue weighted by atomic mass is 35.5. The molecule has 1 saturated heterocycles. The highest BCUT2D eigenvalue weighted by Gasteiger charge is 2.39. The Bertz CT molecular complexity index is 1090. The van der Waals surface area contributed by atoms with Crippen molar-refractivity contribution in [1.82, 2.24) is 10.2 Å². The molecule has 0 spiro atoms. The van der Waals surface area contributed by atoms with E-state index < -0.39 is 0 Å². The summed E-state index contributed by atoms with van der Waals surface area (Å²) in [7, 11) is 1.75. The van der Waals surface area contributed by atoms with Crippen LogP contribution in [0.4, 0.5) is 5.69 Å².